The SMILES string of the molecule is CC(=O)c1nc(-c2ccc(C)cc2)c(C)s1. The van der Waals surface area contributed by atoms with Crippen molar-refractivity contribution >= 4 is 17.1 Å². The first-order valence-electron chi connectivity index (χ1n) is 5.13. The summed E-state index contributed by atoms with van der Waals surface area (Å²) in [5.74, 6) is 0.0338. The van der Waals surface area contributed by atoms with Gasteiger partial charge in [-0.3, -0.25) is 4.79 Å². The van der Waals surface area contributed by atoms with Crippen LogP contribution in [0.3, 0.4) is 0 Å². The van der Waals surface area contributed by atoms with Crippen molar-refractivity contribution in [2.45, 2.75) is 20.8 Å². The van der Waals surface area contributed by atoms with E-state index >= 15 is 0 Å². The maximum atomic E-state index is 11.2. The smallest absolute Gasteiger partial charge is 0.188 e. The molecule has 16 heavy (non-hydrogen) atoms. The van der Waals surface area contributed by atoms with Gasteiger partial charge in [0, 0.05) is 17.4 Å². The molecule has 3 heteroatoms. The molecule has 0 bridgehead atoms. The molecule has 1 heterocycles. The summed E-state index contributed by atoms with van der Waals surface area (Å²) in [5.41, 5.74) is 3.23. The predicted molar refractivity (Wildman–Crippen MR) is 67.0 cm³/mol. The number of aromatic nitrogens is 1. The van der Waals surface area contributed by atoms with E-state index in [1.54, 1.807) is 6.92 Å². The van der Waals surface area contributed by atoms with Crippen molar-refractivity contribution in [1.29, 1.82) is 0 Å². The lowest BCUT2D eigenvalue weighted by Gasteiger charge is -1.98. The first-order chi connectivity index (χ1) is 7.58. The molecule has 0 spiro atoms. The summed E-state index contributed by atoms with van der Waals surface area (Å²) in [6.07, 6.45) is 0. The van der Waals surface area contributed by atoms with Gasteiger partial charge in [-0.15, -0.1) is 11.3 Å². The second-order valence-corrected chi connectivity index (χ2v) is 5.05. The Labute approximate surface area is 99.0 Å². The second kappa shape index (κ2) is 4.18. The molecular weight excluding hydrogens is 218 g/mol. The molecule has 0 unspecified atom stereocenters. The van der Waals surface area contributed by atoms with Crippen LogP contribution in [-0.4, -0.2) is 10.8 Å². The molecule has 2 nitrogen and oxygen atoms in total. The van der Waals surface area contributed by atoms with E-state index in [1.165, 1.54) is 16.9 Å². The summed E-state index contributed by atoms with van der Waals surface area (Å²) in [4.78, 5) is 16.7. The molecule has 0 amide bonds. The first kappa shape index (κ1) is 11.0. The highest BCUT2D eigenvalue weighted by atomic mass is 32.1. The van der Waals surface area contributed by atoms with E-state index in [2.05, 4.69) is 24.0 Å². The third-order valence-corrected chi connectivity index (χ3v) is 3.49. The third-order valence-electron chi connectivity index (χ3n) is 2.42. The number of hydrogen-bond acceptors (Lipinski definition) is 3. The zero-order chi connectivity index (χ0) is 11.7. The average Bonchev–Trinajstić information content (AvgIpc) is 2.62. The van der Waals surface area contributed by atoms with Crippen molar-refractivity contribution in [2.24, 2.45) is 0 Å². The van der Waals surface area contributed by atoms with Crippen molar-refractivity contribution in [3.8, 4) is 11.3 Å². The van der Waals surface area contributed by atoms with Gasteiger partial charge < -0.3 is 0 Å². The highest BCUT2D eigenvalue weighted by molar-refractivity contribution is 7.14. The van der Waals surface area contributed by atoms with Gasteiger partial charge in [-0.25, -0.2) is 4.98 Å². The van der Waals surface area contributed by atoms with Crippen molar-refractivity contribution in [2.75, 3.05) is 0 Å². The maximum Gasteiger partial charge on any atom is 0.188 e. The summed E-state index contributed by atoms with van der Waals surface area (Å²) in [5, 5.41) is 0.591. The Kier molecular flexibility index (Phi) is 2.88. The highest BCUT2D eigenvalue weighted by Crippen LogP contribution is 2.27. The Morgan fingerprint density at radius 1 is 1.19 bits per heavy atom. The molecule has 2 rings (SSSR count). The summed E-state index contributed by atoms with van der Waals surface area (Å²) in [6.45, 7) is 5.61. The van der Waals surface area contributed by atoms with Gasteiger partial charge >= 0.3 is 0 Å². The average molecular weight is 231 g/mol. The van der Waals surface area contributed by atoms with E-state index in [1.807, 2.05) is 19.1 Å². The van der Waals surface area contributed by atoms with E-state index in [4.69, 9.17) is 0 Å². The molecule has 0 saturated carbocycles. The Hall–Kier alpha value is -1.48. The van der Waals surface area contributed by atoms with E-state index in [-0.39, 0.29) is 5.78 Å². The van der Waals surface area contributed by atoms with Crippen LogP contribution in [-0.2, 0) is 0 Å². The van der Waals surface area contributed by atoms with Crippen LogP contribution >= 0.6 is 11.3 Å². The number of Topliss-reactive ketones (excluding diaryl/α,β-unsaturated/α-hetero) is 1. The lowest BCUT2D eigenvalue weighted by molar-refractivity contribution is 0.101. The van der Waals surface area contributed by atoms with Crippen molar-refractivity contribution < 1.29 is 4.79 Å². The van der Waals surface area contributed by atoms with Crippen molar-refractivity contribution in [3.05, 3.63) is 39.7 Å². The summed E-state index contributed by atoms with van der Waals surface area (Å²) < 4.78 is 0. The zero-order valence-electron chi connectivity index (χ0n) is 9.57. The lowest BCUT2D eigenvalue weighted by Crippen LogP contribution is -1.89. The van der Waals surface area contributed by atoms with Crippen molar-refractivity contribution in [3.63, 3.8) is 0 Å². The number of rotatable bonds is 2. The van der Waals surface area contributed by atoms with Crippen LogP contribution in [0.5, 0.6) is 0 Å². The van der Waals surface area contributed by atoms with Gasteiger partial charge in [0.15, 0.2) is 10.8 Å². The molecule has 0 atom stereocenters. The second-order valence-electron chi connectivity index (χ2n) is 3.85. The largest absolute Gasteiger partial charge is 0.292 e. The normalized spacial score (nSPS) is 10.4. The Balaban J connectivity index is 2.47. The van der Waals surface area contributed by atoms with Crippen LogP contribution in [0.2, 0.25) is 0 Å². The number of hydrogen-bond donors (Lipinski definition) is 0. The molecule has 0 aliphatic heterocycles. The molecule has 1 aromatic carbocycles. The van der Waals surface area contributed by atoms with Gasteiger partial charge in [0.1, 0.15) is 0 Å². The fourth-order valence-corrected chi connectivity index (χ4v) is 2.36. The van der Waals surface area contributed by atoms with Crippen LogP contribution in [0.1, 0.15) is 27.2 Å². The number of nitrogens with zero attached hydrogens (tertiary/aromatic N) is 1. The number of aryl methyl sites for hydroxylation is 2. The number of carbonyl (C=O) groups excluding carboxylic acids is 1. The molecule has 0 fully saturated rings. The van der Waals surface area contributed by atoms with Gasteiger partial charge in [-0.05, 0) is 13.8 Å². The van der Waals surface area contributed by atoms with Gasteiger partial charge in [0.2, 0.25) is 0 Å². The minimum atomic E-state index is 0.0338. The van der Waals surface area contributed by atoms with Crippen LogP contribution in [0.4, 0.5) is 0 Å². The Bertz CT molecular complexity index is 525. The standard InChI is InChI=1S/C13H13NOS/c1-8-4-6-11(7-5-8)12-10(3)16-13(14-12)9(2)15/h4-7H,1-3H3. The quantitative estimate of drug-likeness (QED) is 0.739. The molecule has 0 aliphatic carbocycles. The van der Waals surface area contributed by atoms with Crippen LogP contribution in [0, 0.1) is 13.8 Å². The minimum Gasteiger partial charge on any atom is -0.292 e. The number of thiazole rings is 1. The van der Waals surface area contributed by atoms with Crippen LogP contribution in [0.25, 0.3) is 11.3 Å². The molecule has 2 aromatic rings. The molecule has 0 N–H and O–H groups in total. The van der Waals surface area contributed by atoms with E-state index < -0.39 is 0 Å². The van der Waals surface area contributed by atoms with Gasteiger partial charge in [-0.1, -0.05) is 29.8 Å². The molecular formula is C13H13NOS. The topological polar surface area (TPSA) is 30.0 Å². The predicted octanol–water partition coefficient (Wildman–Crippen LogP) is 3.63. The highest BCUT2D eigenvalue weighted by Gasteiger charge is 2.12. The number of benzene rings is 1. The maximum absolute atomic E-state index is 11.2. The molecule has 0 radical (unpaired) electrons. The Morgan fingerprint density at radius 3 is 2.31 bits per heavy atom. The van der Waals surface area contributed by atoms with Gasteiger partial charge in [-0.2, -0.15) is 0 Å². The number of ketones is 1. The zero-order valence-corrected chi connectivity index (χ0v) is 10.4. The monoisotopic (exact) mass is 231 g/mol. The van der Waals surface area contributed by atoms with Crippen LogP contribution in [0.15, 0.2) is 24.3 Å². The lowest BCUT2D eigenvalue weighted by atomic mass is 10.1. The summed E-state index contributed by atoms with van der Waals surface area (Å²) >= 11 is 1.46. The fourth-order valence-electron chi connectivity index (χ4n) is 1.53. The third kappa shape index (κ3) is 2.04. The fraction of sp³-hybridized carbons (Fsp3) is 0.231. The molecule has 82 valence electrons. The molecule has 0 aliphatic rings. The summed E-state index contributed by atoms with van der Waals surface area (Å²) in [7, 11) is 0. The van der Waals surface area contributed by atoms with Gasteiger partial charge in [0.05, 0.1) is 5.69 Å². The van der Waals surface area contributed by atoms with Gasteiger partial charge in [0.25, 0.3) is 0 Å². The summed E-state index contributed by atoms with van der Waals surface area (Å²) in [6, 6.07) is 8.20. The molecule has 1 aromatic heterocycles. The Morgan fingerprint density at radius 2 is 1.81 bits per heavy atom. The van der Waals surface area contributed by atoms with E-state index in [0.29, 0.717) is 5.01 Å². The van der Waals surface area contributed by atoms with Crippen LogP contribution < -0.4 is 0 Å². The van der Waals surface area contributed by atoms with E-state index in [0.717, 1.165) is 16.1 Å². The molecule has 0 saturated heterocycles. The minimum absolute atomic E-state index is 0.0338. The van der Waals surface area contributed by atoms with E-state index in [9.17, 15) is 4.79 Å². The van der Waals surface area contributed by atoms with Crippen molar-refractivity contribution in [1.82, 2.24) is 4.98 Å². The first-order valence-corrected chi connectivity index (χ1v) is 5.95. The number of carbonyl (C=O) groups is 1.